The van der Waals surface area contributed by atoms with Crippen molar-refractivity contribution in [1.29, 1.82) is 0 Å². The van der Waals surface area contributed by atoms with Gasteiger partial charge in [0, 0.05) is 17.5 Å². The predicted octanol–water partition coefficient (Wildman–Crippen LogP) is 2.76. The molecule has 1 aromatic carbocycles. The third kappa shape index (κ3) is 4.90. The minimum Gasteiger partial charge on any atom is -0.492 e. The van der Waals surface area contributed by atoms with Gasteiger partial charge in [0.2, 0.25) is 0 Å². The third-order valence-electron chi connectivity index (χ3n) is 2.21. The van der Waals surface area contributed by atoms with Crippen LogP contribution in [-0.4, -0.2) is 24.2 Å². The summed E-state index contributed by atoms with van der Waals surface area (Å²) >= 11 is 1.84. The molecule has 0 aliphatic heterocycles. The second kappa shape index (κ2) is 6.81. The lowest BCUT2D eigenvalue weighted by Gasteiger charge is -2.10. The highest BCUT2D eigenvalue weighted by molar-refractivity contribution is 7.99. The van der Waals surface area contributed by atoms with Crippen LogP contribution >= 0.6 is 11.8 Å². The highest BCUT2D eigenvalue weighted by atomic mass is 32.2. The maximum Gasteiger partial charge on any atom is 0.122 e. The van der Waals surface area contributed by atoms with Crippen molar-refractivity contribution in [3.63, 3.8) is 0 Å². The van der Waals surface area contributed by atoms with E-state index in [0.717, 1.165) is 23.9 Å². The molecule has 2 nitrogen and oxygen atoms in total. The molecule has 0 aliphatic carbocycles. The van der Waals surface area contributed by atoms with Gasteiger partial charge in [-0.1, -0.05) is 12.1 Å². The molecular weight excluding hydrogens is 218 g/mol. The zero-order valence-corrected chi connectivity index (χ0v) is 11.1. The summed E-state index contributed by atoms with van der Waals surface area (Å²) in [5.41, 5.74) is 8.10. The van der Waals surface area contributed by atoms with E-state index in [4.69, 9.17) is 10.5 Å². The lowest BCUT2D eigenvalue weighted by Crippen LogP contribution is -2.18. The number of nitrogens with two attached hydrogens (primary N) is 1. The van der Waals surface area contributed by atoms with Gasteiger partial charge in [-0.05, 0) is 38.0 Å². The molecule has 0 heterocycles. The largest absolute Gasteiger partial charge is 0.492 e. The van der Waals surface area contributed by atoms with Crippen molar-refractivity contribution in [2.24, 2.45) is 5.73 Å². The Morgan fingerprint density at radius 1 is 1.38 bits per heavy atom. The molecule has 90 valence electrons. The van der Waals surface area contributed by atoms with Crippen LogP contribution in [0.25, 0.3) is 0 Å². The van der Waals surface area contributed by atoms with Crippen molar-refractivity contribution in [1.82, 2.24) is 0 Å². The topological polar surface area (TPSA) is 35.2 Å². The molecule has 1 aromatic rings. The third-order valence-corrected chi connectivity index (χ3v) is 3.43. The van der Waals surface area contributed by atoms with Crippen LogP contribution < -0.4 is 10.5 Å². The number of thioether (sulfide) groups is 1. The summed E-state index contributed by atoms with van der Waals surface area (Å²) in [6, 6.07) is 6.56. The fourth-order valence-corrected chi connectivity index (χ4v) is 2.08. The van der Waals surface area contributed by atoms with E-state index in [9.17, 15) is 0 Å². The minimum atomic E-state index is 0.269. The summed E-state index contributed by atoms with van der Waals surface area (Å²) in [4.78, 5) is 0. The standard InChI is InChI=1S/C13H21NOS/c1-10-4-5-11(2)13(8-10)15-6-7-16-9-12(3)14/h4-5,8,12H,6-7,9,14H2,1-3H3. The second-order valence-corrected chi connectivity index (χ2v) is 5.32. The van der Waals surface area contributed by atoms with E-state index < -0.39 is 0 Å². The molecule has 0 aliphatic rings. The van der Waals surface area contributed by atoms with Crippen LogP contribution in [0, 0.1) is 13.8 Å². The normalized spacial score (nSPS) is 12.5. The van der Waals surface area contributed by atoms with Crippen LogP contribution in [0.2, 0.25) is 0 Å². The first-order valence-electron chi connectivity index (χ1n) is 5.63. The Balaban J connectivity index is 2.29. The van der Waals surface area contributed by atoms with Crippen molar-refractivity contribution in [2.75, 3.05) is 18.1 Å². The van der Waals surface area contributed by atoms with Crippen molar-refractivity contribution in [3.8, 4) is 5.75 Å². The zero-order chi connectivity index (χ0) is 12.0. The van der Waals surface area contributed by atoms with E-state index in [-0.39, 0.29) is 6.04 Å². The molecule has 0 aromatic heterocycles. The SMILES string of the molecule is Cc1ccc(C)c(OCCSCC(C)N)c1. The molecule has 0 saturated heterocycles. The predicted molar refractivity (Wildman–Crippen MR) is 72.4 cm³/mol. The van der Waals surface area contributed by atoms with Crippen molar-refractivity contribution < 1.29 is 4.74 Å². The summed E-state index contributed by atoms with van der Waals surface area (Å²) in [5.74, 6) is 2.99. The van der Waals surface area contributed by atoms with E-state index in [0.29, 0.717) is 0 Å². The maximum atomic E-state index is 5.74. The summed E-state index contributed by atoms with van der Waals surface area (Å²) in [6.07, 6.45) is 0. The first-order chi connectivity index (χ1) is 7.59. The van der Waals surface area contributed by atoms with E-state index in [1.165, 1.54) is 11.1 Å². The molecule has 16 heavy (non-hydrogen) atoms. The maximum absolute atomic E-state index is 5.74. The monoisotopic (exact) mass is 239 g/mol. The number of aryl methyl sites for hydroxylation is 2. The van der Waals surface area contributed by atoms with Gasteiger partial charge in [0.05, 0.1) is 6.61 Å². The average molecular weight is 239 g/mol. The van der Waals surface area contributed by atoms with Gasteiger partial charge in [-0.3, -0.25) is 0 Å². The summed E-state index contributed by atoms with van der Waals surface area (Å²) in [6.45, 7) is 6.93. The Labute approximate surface area is 103 Å². The number of ether oxygens (including phenoxy) is 1. The molecule has 3 heteroatoms. The summed E-state index contributed by atoms with van der Waals surface area (Å²) in [5, 5.41) is 0. The fraction of sp³-hybridized carbons (Fsp3) is 0.538. The number of hydrogen-bond donors (Lipinski definition) is 1. The van der Waals surface area contributed by atoms with Crippen LogP contribution in [0.3, 0.4) is 0 Å². The van der Waals surface area contributed by atoms with Crippen LogP contribution in [0.5, 0.6) is 5.75 Å². The number of benzene rings is 1. The smallest absolute Gasteiger partial charge is 0.122 e. The van der Waals surface area contributed by atoms with Crippen molar-refractivity contribution in [3.05, 3.63) is 29.3 Å². The van der Waals surface area contributed by atoms with Gasteiger partial charge in [-0.25, -0.2) is 0 Å². The molecule has 0 saturated carbocycles. The Morgan fingerprint density at radius 2 is 2.12 bits per heavy atom. The zero-order valence-electron chi connectivity index (χ0n) is 10.3. The molecule has 0 bridgehead atoms. The molecule has 2 N–H and O–H groups in total. The Hall–Kier alpha value is -0.670. The lowest BCUT2D eigenvalue weighted by molar-refractivity contribution is 0.341. The van der Waals surface area contributed by atoms with E-state index >= 15 is 0 Å². The van der Waals surface area contributed by atoms with E-state index in [2.05, 4.69) is 32.0 Å². The first-order valence-corrected chi connectivity index (χ1v) is 6.78. The molecule has 1 unspecified atom stereocenters. The number of rotatable bonds is 6. The fourth-order valence-electron chi connectivity index (χ4n) is 1.34. The average Bonchev–Trinajstić information content (AvgIpc) is 2.22. The van der Waals surface area contributed by atoms with Crippen LogP contribution in [0.4, 0.5) is 0 Å². The molecular formula is C13H21NOS. The van der Waals surface area contributed by atoms with Gasteiger partial charge in [0.15, 0.2) is 0 Å². The van der Waals surface area contributed by atoms with Gasteiger partial charge in [0.1, 0.15) is 5.75 Å². The van der Waals surface area contributed by atoms with Crippen molar-refractivity contribution >= 4 is 11.8 Å². The van der Waals surface area contributed by atoms with Gasteiger partial charge in [0.25, 0.3) is 0 Å². The Kier molecular flexibility index (Phi) is 5.71. The molecule has 1 atom stereocenters. The van der Waals surface area contributed by atoms with Gasteiger partial charge in [-0.15, -0.1) is 0 Å². The Morgan fingerprint density at radius 3 is 2.81 bits per heavy atom. The van der Waals surface area contributed by atoms with Crippen molar-refractivity contribution in [2.45, 2.75) is 26.8 Å². The quantitative estimate of drug-likeness (QED) is 0.775. The highest BCUT2D eigenvalue weighted by Crippen LogP contribution is 2.19. The number of hydrogen-bond acceptors (Lipinski definition) is 3. The van der Waals surface area contributed by atoms with Crippen LogP contribution in [0.1, 0.15) is 18.1 Å². The molecule has 0 radical (unpaired) electrons. The molecule has 0 fully saturated rings. The van der Waals surface area contributed by atoms with Gasteiger partial charge >= 0.3 is 0 Å². The van der Waals surface area contributed by atoms with Crippen LogP contribution in [-0.2, 0) is 0 Å². The van der Waals surface area contributed by atoms with E-state index in [1.807, 2.05) is 18.7 Å². The first kappa shape index (κ1) is 13.4. The molecule has 1 rings (SSSR count). The lowest BCUT2D eigenvalue weighted by atomic mass is 10.1. The van der Waals surface area contributed by atoms with Crippen LogP contribution in [0.15, 0.2) is 18.2 Å². The van der Waals surface area contributed by atoms with Gasteiger partial charge in [-0.2, -0.15) is 11.8 Å². The molecule has 0 amide bonds. The summed E-state index contributed by atoms with van der Waals surface area (Å²) in [7, 11) is 0. The summed E-state index contributed by atoms with van der Waals surface area (Å²) < 4.78 is 5.74. The second-order valence-electron chi connectivity index (χ2n) is 4.17. The molecule has 0 spiro atoms. The minimum absolute atomic E-state index is 0.269. The van der Waals surface area contributed by atoms with Gasteiger partial charge < -0.3 is 10.5 Å². The Bertz CT molecular complexity index is 326. The van der Waals surface area contributed by atoms with E-state index in [1.54, 1.807) is 0 Å². The highest BCUT2D eigenvalue weighted by Gasteiger charge is 2.00.